The Kier molecular flexibility index (Phi) is 5.12. The summed E-state index contributed by atoms with van der Waals surface area (Å²) in [6.45, 7) is 0. The minimum atomic E-state index is -0.899. The van der Waals surface area contributed by atoms with Crippen molar-refractivity contribution in [3.05, 3.63) is 71.8 Å². The number of rotatable bonds is 2. The predicted molar refractivity (Wildman–Crippen MR) is 64.5 cm³/mol. The Balaban J connectivity index is 0.000000180. The first kappa shape index (κ1) is 13.4. The Morgan fingerprint density at radius 1 is 0.722 bits per heavy atom. The molecule has 2 aromatic carbocycles. The van der Waals surface area contributed by atoms with Gasteiger partial charge in [0.15, 0.2) is 0 Å². The summed E-state index contributed by atoms with van der Waals surface area (Å²) in [5, 5.41) is 16.7. The van der Waals surface area contributed by atoms with Crippen molar-refractivity contribution >= 4 is 11.9 Å². The molecule has 0 saturated carbocycles. The quantitative estimate of drug-likeness (QED) is 0.847. The van der Waals surface area contributed by atoms with E-state index in [4.69, 9.17) is 10.2 Å². The third-order valence-electron chi connectivity index (χ3n) is 1.93. The van der Waals surface area contributed by atoms with Crippen molar-refractivity contribution in [2.75, 3.05) is 0 Å². The smallest absolute Gasteiger partial charge is 0.335 e. The highest BCUT2D eigenvalue weighted by Gasteiger charge is 1.97. The van der Waals surface area contributed by atoms with Crippen LogP contribution in [0.5, 0.6) is 0 Å². The molecule has 90 valence electrons. The van der Waals surface area contributed by atoms with Gasteiger partial charge in [-0.1, -0.05) is 24.3 Å². The predicted octanol–water partition coefficient (Wildman–Crippen LogP) is 2.37. The summed E-state index contributed by atoms with van der Waals surface area (Å²) in [6.07, 6.45) is 0. The summed E-state index contributed by atoms with van der Waals surface area (Å²) in [6, 6.07) is 17.7. The molecule has 0 atom stereocenters. The van der Waals surface area contributed by atoms with Crippen molar-refractivity contribution in [3.63, 3.8) is 0 Å². The van der Waals surface area contributed by atoms with Crippen LogP contribution in [-0.4, -0.2) is 22.2 Å². The maximum absolute atomic E-state index is 10.2. The van der Waals surface area contributed by atoms with E-state index in [0.717, 1.165) is 0 Å². The van der Waals surface area contributed by atoms with Crippen LogP contribution in [0.4, 0.5) is 0 Å². The van der Waals surface area contributed by atoms with E-state index in [2.05, 4.69) is 12.1 Å². The van der Waals surface area contributed by atoms with Gasteiger partial charge in [0.2, 0.25) is 0 Å². The Bertz CT molecular complexity index is 456. The zero-order valence-electron chi connectivity index (χ0n) is 9.33. The monoisotopic (exact) mass is 242 g/mol. The van der Waals surface area contributed by atoms with Crippen LogP contribution in [0, 0.1) is 12.1 Å². The number of carbonyl (C=O) groups is 2. The van der Waals surface area contributed by atoms with Gasteiger partial charge in [-0.2, -0.15) is 0 Å². The van der Waals surface area contributed by atoms with Crippen molar-refractivity contribution in [2.45, 2.75) is 0 Å². The Morgan fingerprint density at radius 3 is 1.17 bits per heavy atom. The van der Waals surface area contributed by atoms with Gasteiger partial charge in [0.1, 0.15) is 0 Å². The molecule has 4 heteroatoms. The van der Waals surface area contributed by atoms with E-state index in [9.17, 15) is 9.59 Å². The number of aromatic carboxylic acids is 2. The van der Waals surface area contributed by atoms with Gasteiger partial charge in [0, 0.05) is 0 Å². The molecule has 4 nitrogen and oxygen atoms in total. The molecule has 2 radical (unpaired) electrons. The normalized spacial score (nSPS) is 8.89. The molecule has 0 saturated heterocycles. The van der Waals surface area contributed by atoms with E-state index in [1.807, 2.05) is 0 Å². The first-order chi connectivity index (χ1) is 8.61. The van der Waals surface area contributed by atoms with E-state index < -0.39 is 11.9 Å². The summed E-state index contributed by atoms with van der Waals surface area (Å²) >= 11 is 0. The molecule has 0 fully saturated rings. The van der Waals surface area contributed by atoms with Gasteiger partial charge >= 0.3 is 11.9 Å². The number of benzene rings is 2. The minimum Gasteiger partial charge on any atom is -0.478 e. The average molecular weight is 242 g/mol. The second kappa shape index (κ2) is 6.85. The molecule has 0 aromatic heterocycles. The second-order valence-corrected chi connectivity index (χ2v) is 3.19. The van der Waals surface area contributed by atoms with Crippen LogP contribution in [0.1, 0.15) is 20.7 Å². The standard InChI is InChI=1S/2C7H5O2/c2*8-7(9)6-4-2-1-3-5-6/h2*2-5H,(H,8,9). The van der Waals surface area contributed by atoms with Gasteiger partial charge in [0.05, 0.1) is 11.1 Å². The van der Waals surface area contributed by atoms with Crippen LogP contribution in [0.2, 0.25) is 0 Å². The SMILES string of the molecule is O=C(O)c1cc[c]cc1.O=C(O)c1cc[c]cc1. The fraction of sp³-hybridized carbons (Fsp3) is 0. The van der Waals surface area contributed by atoms with Crippen molar-refractivity contribution in [2.24, 2.45) is 0 Å². The maximum Gasteiger partial charge on any atom is 0.335 e. The molecule has 0 aliphatic carbocycles. The first-order valence-corrected chi connectivity index (χ1v) is 5.00. The van der Waals surface area contributed by atoms with Crippen LogP contribution in [0.3, 0.4) is 0 Å². The lowest BCUT2D eigenvalue weighted by atomic mass is 10.2. The van der Waals surface area contributed by atoms with Crippen LogP contribution in [-0.2, 0) is 0 Å². The molecular formula is C14H10O4. The van der Waals surface area contributed by atoms with Gasteiger partial charge in [-0.15, -0.1) is 0 Å². The molecular weight excluding hydrogens is 232 g/mol. The van der Waals surface area contributed by atoms with E-state index in [1.165, 1.54) is 24.3 Å². The number of carboxylic acids is 2. The minimum absolute atomic E-state index is 0.300. The first-order valence-electron chi connectivity index (χ1n) is 5.00. The van der Waals surface area contributed by atoms with E-state index in [1.54, 1.807) is 24.3 Å². The maximum atomic E-state index is 10.2. The lowest BCUT2D eigenvalue weighted by Crippen LogP contribution is -1.93. The highest BCUT2D eigenvalue weighted by molar-refractivity contribution is 5.87. The highest BCUT2D eigenvalue weighted by atomic mass is 16.4. The van der Waals surface area contributed by atoms with Gasteiger partial charge < -0.3 is 10.2 Å². The Hall–Kier alpha value is -2.62. The fourth-order valence-electron chi connectivity index (χ4n) is 1.06. The van der Waals surface area contributed by atoms with Crippen LogP contribution in [0.25, 0.3) is 0 Å². The molecule has 0 aliphatic rings. The number of carboxylic acid groups (broad SMARTS) is 2. The molecule has 0 heterocycles. The topological polar surface area (TPSA) is 74.6 Å². The molecule has 2 N–H and O–H groups in total. The molecule has 0 aliphatic heterocycles. The zero-order chi connectivity index (χ0) is 13.4. The molecule has 2 rings (SSSR count). The number of hydrogen-bond donors (Lipinski definition) is 2. The van der Waals surface area contributed by atoms with Gasteiger partial charge in [0.25, 0.3) is 0 Å². The van der Waals surface area contributed by atoms with Crippen molar-refractivity contribution in [3.8, 4) is 0 Å². The third-order valence-corrected chi connectivity index (χ3v) is 1.93. The van der Waals surface area contributed by atoms with E-state index in [-0.39, 0.29) is 0 Å². The molecule has 0 unspecified atom stereocenters. The summed E-state index contributed by atoms with van der Waals surface area (Å²) in [7, 11) is 0. The van der Waals surface area contributed by atoms with Crippen molar-refractivity contribution < 1.29 is 19.8 Å². The van der Waals surface area contributed by atoms with Gasteiger partial charge in [-0.05, 0) is 36.4 Å². The molecule has 0 bridgehead atoms. The summed E-state index contributed by atoms with van der Waals surface area (Å²) in [5.74, 6) is -1.80. The van der Waals surface area contributed by atoms with Gasteiger partial charge in [-0.25, -0.2) is 9.59 Å². The molecule has 18 heavy (non-hydrogen) atoms. The zero-order valence-corrected chi connectivity index (χ0v) is 9.33. The van der Waals surface area contributed by atoms with Crippen LogP contribution >= 0.6 is 0 Å². The fourth-order valence-corrected chi connectivity index (χ4v) is 1.06. The number of hydrogen-bond acceptors (Lipinski definition) is 2. The Morgan fingerprint density at radius 2 is 1.00 bits per heavy atom. The summed E-state index contributed by atoms with van der Waals surface area (Å²) in [4.78, 5) is 20.4. The van der Waals surface area contributed by atoms with Crippen LogP contribution in [0.15, 0.2) is 48.5 Å². The van der Waals surface area contributed by atoms with Crippen LogP contribution < -0.4 is 0 Å². The molecule has 0 spiro atoms. The van der Waals surface area contributed by atoms with Crippen molar-refractivity contribution in [1.82, 2.24) is 0 Å². The van der Waals surface area contributed by atoms with Crippen molar-refractivity contribution in [1.29, 1.82) is 0 Å². The average Bonchev–Trinajstić information content (AvgIpc) is 2.41. The highest BCUT2D eigenvalue weighted by Crippen LogP contribution is 1.96. The van der Waals surface area contributed by atoms with E-state index >= 15 is 0 Å². The lowest BCUT2D eigenvalue weighted by Gasteiger charge is -1.87. The molecule has 0 amide bonds. The molecule has 2 aromatic rings. The third kappa shape index (κ3) is 4.49. The Labute approximate surface area is 104 Å². The second-order valence-electron chi connectivity index (χ2n) is 3.19. The lowest BCUT2D eigenvalue weighted by molar-refractivity contribution is 0.0686. The van der Waals surface area contributed by atoms with Gasteiger partial charge in [-0.3, -0.25) is 0 Å². The summed E-state index contributed by atoms with van der Waals surface area (Å²) in [5.41, 5.74) is 0.600. The largest absolute Gasteiger partial charge is 0.478 e. The van der Waals surface area contributed by atoms with E-state index in [0.29, 0.717) is 11.1 Å². The summed E-state index contributed by atoms with van der Waals surface area (Å²) < 4.78 is 0.